The van der Waals surface area contributed by atoms with Gasteiger partial charge in [0.25, 0.3) is 0 Å². The van der Waals surface area contributed by atoms with E-state index in [-0.39, 0.29) is 11.5 Å². The molecule has 1 saturated carbocycles. The lowest BCUT2D eigenvalue weighted by Gasteiger charge is -2.45. The van der Waals surface area contributed by atoms with Crippen molar-refractivity contribution in [3.63, 3.8) is 0 Å². The molecule has 30 heavy (non-hydrogen) atoms. The molecule has 1 atom stereocenters. The first kappa shape index (κ1) is 22.3. The minimum absolute atomic E-state index is 0.193. The van der Waals surface area contributed by atoms with Crippen molar-refractivity contribution in [2.45, 2.75) is 50.2 Å². The third kappa shape index (κ3) is 5.83. The minimum atomic E-state index is -0.456. The van der Waals surface area contributed by atoms with Crippen molar-refractivity contribution in [3.05, 3.63) is 65.7 Å². The Bertz CT molecular complexity index is 784. The molecule has 0 aromatic heterocycles. The number of amides is 1. The van der Waals surface area contributed by atoms with Crippen LogP contribution in [0.3, 0.4) is 0 Å². The van der Waals surface area contributed by atoms with E-state index < -0.39 is 6.09 Å². The van der Waals surface area contributed by atoms with Crippen LogP contribution >= 0.6 is 0 Å². The maximum Gasteiger partial charge on any atom is 0.412 e. The maximum absolute atomic E-state index is 11.5. The molecular weight excluding hydrogens is 376 g/mol. The highest BCUT2D eigenvalue weighted by Gasteiger charge is 2.42. The second-order valence-electron chi connectivity index (χ2n) is 8.42. The number of ether oxygens (including phenoxy) is 2. The second kappa shape index (κ2) is 10.6. The molecule has 2 aromatic rings. The first-order valence-corrected chi connectivity index (χ1v) is 10.8. The van der Waals surface area contributed by atoms with Gasteiger partial charge in [-0.2, -0.15) is 0 Å². The molecule has 1 amide bonds. The molecule has 0 aliphatic heterocycles. The lowest BCUT2D eigenvalue weighted by Crippen LogP contribution is -2.45. The maximum atomic E-state index is 11.5. The van der Waals surface area contributed by atoms with E-state index in [9.17, 15) is 4.79 Å². The van der Waals surface area contributed by atoms with Gasteiger partial charge in [-0.3, -0.25) is 0 Å². The third-order valence-electron chi connectivity index (χ3n) is 5.95. The van der Waals surface area contributed by atoms with Crippen molar-refractivity contribution in [1.82, 2.24) is 10.2 Å². The summed E-state index contributed by atoms with van der Waals surface area (Å²) in [7, 11) is 5.79. The van der Waals surface area contributed by atoms with Gasteiger partial charge < -0.3 is 19.7 Å². The predicted molar refractivity (Wildman–Crippen MR) is 120 cm³/mol. The summed E-state index contributed by atoms with van der Waals surface area (Å²) >= 11 is 0. The van der Waals surface area contributed by atoms with E-state index in [1.165, 1.54) is 30.4 Å². The first-order chi connectivity index (χ1) is 14.5. The number of carbonyl (C=O) groups excluding carboxylic acids is 1. The van der Waals surface area contributed by atoms with Gasteiger partial charge in [-0.05, 0) is 50.2 Å². The Morgan fingerprint density at radius 2 is 1.70 bits per heavy atom. The molecule has 5 heteroatoms. The molecule has 1 unspecified atom stereocenters. The largest absolute Gasteiger partial charge is 0.412 e. The first-order valence-electron chi connectivity index (χ1n) is 10.8. The highest BCUT2D eigenvalue weighted by atomic mass is 16.6. The van der Waals surface area contributed by atoms with Gasteiger partial charge in [0, 0.05) is 19.5 Å². The molecule has 0 radical (unpaired) electrons. The van der Waals surface area contributed by atoms with Crippen molar-refractivity contribution in [3.8, 4) is 5.75 Å². The number of hydrogen-bond acceptors (Lipinski definition) is 4. The highest BCUT2D eigenvalue weighted by molar-refractivity contribution is 5.69. The summed E-state index contributed by atoms with van der Waals surface area (Å²) in [6.07, 6.45) is 5.32. The summed E-state index contributed by atoms with van der Waals surface area (Å²) in [5, 5.41) is 2.48. The molecule has 1 aliphatic carbocycles. The molecular formula is C25H34N2O3. The van der Waals surface area contributed by atoms with Crippen LogP contribution in [0, 0.1) is 0 Å². The fourth-order valence-corrected chi connectivity index (χ4v) is 4.41. The van der Waals surface area contributed by atoms with E-state index in [0.29, 0.717) is 12.4 Å². The van der Waals surface area contributed by atoms with E-state index in [1.54, 1.807) is 7.05 Å². The number of rotatable bonds is 8. The van der Waals surface area contributed by atoms with Gasteiger partial charge in [0.1, 0.15) is 5.75 Å². The van der Waals surface area contributed by atoms with E-state index in [2.05, 4.69) is 60.7 Å². The van der Waals surface area contributed by atoms with Crippen LogP contribution in [-0.4, -0.2) is 44.3 Å². The van der Waals surface area contributed by atoms with Gasteiger partial charge in [0.2, 0.25) is 0 Å². The highest BCUT2D eigenvalue weighted by Crippen LogP contribution is 2.44. The van der Waals surface area contributed by atoms with E-state index in [4.69, 9.17) is 9.47 Å². The lowest BCUT2D eigenvalue weighted by atomic mass is 9.72. The Balaban J connectivity index is 1.86. The molecule has 5 nitrogen and oxygen atoms in total. The summed E-state index contributed by atoms with van der Waals surface area (Å²) in [4.78, 5) is 13.7. The molecule has 0 bridgehead atoms. The summed E-state index contributed by atoms with van der Waals surface area (Å²) in [5.41, 5.74) is 2.24. The normalized spacial score (nSPS) is 16.8. The van der Waals surface area contributed by atoms with Crippen LogP contribution < -0.4 is 10.1 Å². The Morgan fingerprint density at radius 3 is 2.30 bits per heavy atom. The zero-order chi connectivity index (χ0) is 21.4. The molecule has 1 N–H and O–H groups in total. The van der Waals surface area contributed by atoms with Crippen LogP contribution in [-0.2, 0) is 11.3 Å². The van der Waals surface area contributed by atoms with Gasteiger partial charge >= 0.3 is 6.09 Å². The Hall–Kier alpha value is -2.37. The average Bonchev–Trinajstić information content (AvgIpc) is 2.78. The van der Waals surface area contributed by atoms with E-state index in [1.807, 2.05) is 18.2 Å². The Labute approximate surface area is 180 Å². The minimum Gasteiger partial charge on any atom is -0.410 e. The quantitative estimate of drug-likeness (QED) is 0.668. The zero-order valence-corrected chi connectivity index (χ0v) is 18.4. The van der Waals surface area contributed by atoms with E-state index >= 15 is 0 Å². The van der Waals surface area contributed by atoms with Crippen molar-refractivity contribution in [1.29, 1.82) is 0 Å². The van der Waals surface area contributed by atoms with Crippen molar-refractivity contribution in [2.24, 2.45) is 0 Å². The molecule has 1 aliphatic rings. The summed E-state index contributed by atoms with van der Waals surface area (Å²) in [6.45, 7) is 1.53. The molecule has 0 heterocycles. The van der Waals surface area contributed by atoms with Crippen LogP contribution in [0.5, 0.6) is 5.75 Å². The van der Waals surface area contributed by atoms with Crippen molar-refractivity contribution >= 4 is 6.09 Å². The Kier molecular flexibility index (Phi) is 7.88. The topological polar surface area (TPSA) is 50.8 Å². The molecule has 162 valence electrons. The van der Waals surface area contributed by atoms with Crippen LogP contribution in [0.25, 0.3) is 0 Å². The number of benzene rings is 2. The van der Waals surface area contributed by atoms with Crippen molar-refractivity contribution < 1.29 is 14.3 Å². The van der Waals surface area contributed by atoms with Gasteiger partial charge in [-0.1, -0.05) is 61.7 Å². The number of likely N-dealkylation sites (N-methyl/N-ethyl adjacent to an activating group) is 1. The standard InChI is InChI=1S/C25H34N2O3/c1-26-24(28)30-22-14-12-21(13-15-22)23(18-27(2)3)25(16-8-5-9-17-25)29-19-20-10-6-4-7-11-20/h4,6-7,10-15,23H,5,8-9,16-19H2,1-3H3,(H,26,28). The van der Waals surface area contributed by atoms with Gasteiger partial charge in [-0.25, -0.2) is 4.79 Å². The molecule has 2 aromatic carbocycles. The number of nitrogens with zero attached hydrogens (tertiary/aromatic N) is 1. The Morgan fingerprint density at radius 1 is 1.03 bits per heavy atom. The number of nitrogens with one attached hydrogen (secondary N) is 1. The van der Waals surface area contributed by atoms with Gasteiger partial charge in [0.05, 0.1) is 12.2 Å². The van der Waals surface area contributed by atoms with Crippen LogP contribution in [0.2, 0.25) is 0 Å². The van der Waals surface area contributed by atoms with Crippen LogP contribution in [0.15, 0.2) is 54.6 Å². The smallest absolute Gasteiger partial charge is 0.410 e. The van der Waals surface area contributed by atoms with Gasteiger partial charge in [-0.15, -0.1) is 0 Å². The van der Waals surface area contributed by atoms with Crippen molar-refractivity contribution in [2.75, 3.05) is 27.7 Å². The van der Waals surface area contributed by atoms with E-state index in [0.717, 1.165) is 19.4 Å². The number of hydrogen-bond donors (Lipinski definition) is 1. The lowest BCUT2D eigenvalue weighted by molar-refractivity contribution is -0.102. The van der Waals surface area contributed by atoms with Crippen LogP contribution in [0.1, 0.15) is 49.1 Å². The monoisotopic (exact) mass is 410 g/mol. The van der Waals surface area contributed by atoms with Gasteiger partial charge in [0.15, 0.2) is 0 Å². The number of carbonyl (C=O) groups is 1. The molecule has 0 saturated heterocycles. The molecule has 3 rings (SSSR count). The summed E-state index contributed by atoms with van der Waals surface area (Å²) in [6, 6.07) is 18.3. The summed E-state index contributed by atoms with van der Waals surface area (Å²) < 4.78 is 12.0. The second-order valence-corrected chi connectivity index (χ2v) is 8.42. The zero-order valence-electron chi connectivity index (χ0n) is 18.4. The fraction of sp³-hybridized carbons (Fsp3) is 0.480. The predicted octanol–water partition coefficient (Wildman–Crippen LogP) is 4.97. The molecule has 1 fully saturated rings. The summed E-state index contributed by atoms with van der Waals surface area (Å²) in [5.74, 6) is 0.787. The molecule has 0 spiro atoms. The average molecular weight is 411 g/mol. The fourth-order valence-electron chi connectivity index (χ4n) is 4.41. The SMILES string of the molecule is CNC(=O)Oc1ccc(C(CN(C)C)C2(OCc3ccccc3)CCCCC2)cc1. The third-order valence-corrected chi connectivity index (χ3v) is 5.95. The van der Waals surface area contributed by atoms with Crippen LogP contribution in [0.4, 0.5) is 4.79 Å².